The van der Waals surface area contributed by atoms with E-state index >= 15 is 0 Å². The quantitative estimate of drug-likeness (QED) is 0.562. The largest absolute Gasteiger partial charge is 0.346 e. The lowest BCUT2D eigenvalue weighted by Crippen LogP contribution is -2.24. The first kappa shape index (κ1) is 17.2. The van der Waals surface area contributed by atoms with Crippen molar-refractivity contribution in [1.29, 1.82) is 0 Å². The van der Waals surface area contributed by atoms with E-state index in [1.807, 2.05) is 0 Å². The average molecular weight is 352 g/mol. The Labute approximate surface area is 147 Å². The van der Waals surface area contributed by atoms with Crippen molar-refractivity contribution in [3.63, 3.8) is 0 Å². The maximum absolute atomic E-state index is 13.0. The fourth-order valence-corrected chi connectivity index (χ4v) is 2.36. The summed E-state index contributed by atoms with van der Waals surface area (Å²) in [6.07, 6.45) is 1.34. The number of benzene rings is 2. The number of carbonyl (C=O) groups excluding carboxylic acids is 1. The van der Waals surface area contributed by atoms with Gasteiger partial charge in [-0.05, 0) is 36.4 Å². The molecule has 3 rings (SSSR count). The van der Waals surface area contributed by atoms with Gasteiger partial charge >= 0.3 is 0 Å². The molecule has 1 amide bonds. The molecule has 0 saturated heterocycles. The van der Waals surface area contributed by atoms with Gasteiger partial charge in [-0.3, -0.25) is 14.9 Å². The third-order valence-corrected chi connectivity index (χ3v) is 3.64. The van der Waals surface area contributed by atoms with Crippen LogP contribution in [0.4, 0.5) is 10.1 Å². The minimum absolute atomic E-state index is 0.0229. The van der Waals surface area contributed by atoms with Crippen molar-refractivity contribution in [3.05, 3.63) is 88.1 Å². The second kappa shape index (κ2) is 7.47. The van der Waals surface area contributed by atoms with E-state index in [0.717, 1.165) is 0 Å². The lowest BCUT2D eigenvalue weighted by atomic mass is 10.1. The van der Waals surface area contributed by atoms with Crippen LogP contribution in [0.1, 0.15) is 16.1 Å². The van der Waals surface area contributed by atoms with Crippen LogP contribution in [-0.2, 0) is 6.54 Å². The number of nitro groups is 1. The Bertz CT molecular complexity index is 961. The highest BCUT2D eigenvalue weighted by atomic mass is 19.1. The van der Waals surface area contributed by atoms with Crippen LogP contribution in [0.15, 0.2) is 60.9 Å². The molecular formula is C18H13FN4O3. The fourth-order valence-electron chi connectivity index (χ4n) is 2.36. The van der Waals surface area contributed by atoms with Crippen LogP contribution in [-0.4, -0.2) is 20.8 Å². The number of para-hydroxylation sites is 1. The Kier molecular flexibility index (Phi) is 4.93. The molecule has 26 heavy (non-hydrogen) atoms. The molecule has 0 spiro atoms. The van der Waals surface area contributed by atoms with Crippen LogP contribution in [0.2, 0.25) is 0 Å². The Hall–Kier alpha value is -3.68. The number of hydrogen-bond acceptors (Lipinski definition) is 5. The zero-order valence-electron chi connectivity index (χ0n) is 13.4. The molecule has 1 heterocycles. The molecule has 1 aromatic heterocycles. The number of nitro benzene ring substituents is 1. The predicted octanol–water partition coefficient (Wildman–Crippen LogP) is 3.12. The SMILES string of the molecule is O=C(NCc1cc(-c2ccc(F)cc2)ncn1)c1ccccc1[N+](=O)[O-]. The van der Waals surface area contributed by atoms with Crippen molar-refractivity contribution in [2.24, 2.45) is 0 Å². The summed E-state index contributed by atoms with van der Waals surface area (Å²) in [5.74, 6) is -0.918. The zero-order chi connectivity index (χ0) is 18.5. The number of carbonyl (C=O) groups is 1. The van der Waals surface area contributed by atoms with Gasteiger partial charge < -0.3 is 5.32 Å². The first-order chi connectivity index (χ1) is 12.5. The van der Waals surface area contributed by atoms with E-state index in [4.69, 9.17) is 0 Å². The van der Waals surface area contributed by atoms with E-state index in [9.17, 15) is 19.3 Å². The first-order valence-corrected chi connectivity index (χ1v) is 7.63. The molecule has 3 aromatic rings. The van der Waals surface area contributed by atoms with Crippen molar-refractivity contribution >= 4 is 11.6 Å². The molecule has 0 unspecified atom stereocenters. The van der Waals surface area contributed by atoms with E-state index in [1.54, 1.807) is 24.3 Å². The van der Waals surface area contributed by atoms with Gasteiger partial charge in [-0.25, -0.2) is 14.4 Å². The smallest absolute Gasteiger partial charge is 0.282 e. The Morgan fingerprint density at radius 1 is 1.12 bits per heavy atom. The van der Waals surface area contributed by atoms with Gasteiger partial charge in [0.25, 0.3) is 11.6 Å². The normalized spacial score (nSPS) is 10.3. The van der Waals surface area contributed by atoms with Crippen molar-refractivity contribution in [1.82, 2.24) is 15.3 Å². The molecule has 0 saturated carbocycles. The first-order valence-electron chi connectivity index (χ1n) is 7.63. The van der Waals surface area contributed by atoms with Crippen LogP contribution >= 0.6 is 0 Å². The van der Waals surface area contributed by atoms with E-state index in [0.29, 0.717) is 17.0 Å². The third-order valence-electron chi connectivity index (χ3n) is 3.64. The van der Waals surface area contributed by atoms with E-state index in [1.165, 1.54) is 36.7 Å². The van der Waals surface area contributed by atoms with Gasteiger partial charge in [-0.2, -0.15) is 0 Å². The number of amides is 1. The second-order valence-electron chi connectivity index (χ2n) is 5.36. The predicted molar refractivity (Wildman–Crippen MR) is 91.7 cm³/mol. The van der Waals surface area contributed by atoms with Gasteiger partial charge in [0.05, 0.1) is 22.9 Å². The number of rotatable bonds is 5. The third kappa shape index (κ3) is 3.86. The number of halogens is 1. The van der Waals surface area contributed by atoms with E-state index < -0.39 is 10.8 Å². The number of nitrogens with zero attached hydrogens (tertiary/aromatic N) is 3. The zero-order valence-corrected chi connectivity index (χ0v) is 13.4. The topological polar surface area (TPSA) is 98.0 Å². The highest BCUT2D eigenvalue weighted by molar-refractivity contribution is 5.98. The molecule has 8 heteroatoms. The van der Waals surface area contributed by atoms with Gasteiger partial charge in [-0.15, -0.1) is 0 Å². The summed E-state index contributed by atoms with van der Waals surface area (Å²) in [5.41, 5.74) is 1.52. The minimum atomic E-state index is -0.605. The molecule has 7 nitrogen and oxygen atoms in total. The summed E-state index contributed by atoms with van der Waals surface area (Å²) < 4.78 is 13.0. The maximum atomic E-state index is 13.0. The summed E-state index contributed by atoms with van der Waals surface area (Å²) in [7, 11) is 0. The molecule has 0 fully saturated rings. The second-order valence-corrected chi connectivity index (χ2v) is 5.36. The summed E-state index contributed by atoms with van der Waals surface area (Å²) >= 11 is 0. The monoisotopic (exact) mass is 352 g/mol. The molecule has 0 aliphatic heterocycles. The highest BCUT2D eigenvalue weighted by Gasteiger charge is 2.18. The molecule has 0 aliphatic carbocycles. The Morgan fingerprint density at radius 2 is 1.85 bits per heavy atom. The molecular weight excluding hydrogens is 339 g/mol. The maximum Gasteiger partial charge on any atom is 0.282 e. The average Bonchev–Trinajstić information content (AvgIpc) is 2.67. The van der Waals surface area contributed by atoms with Crippen molar-refractivity contribution < 1.29 is 14.1 Å². The van der Waals surface area contributed by atoms with Crippen LogP contribution < -0.4 is 5.32 Å². The summed E-state index contributed by atoms with van der Waals surface area (Å²) in [6, 6.07) is 13.2. The van der Waals surface area contributed by atoms with Crippen LogP contribution in [0, 0.1) is 15.9 Å². The molecule has 1 N–H and O–H groups in total. The molecule has 0 radical (unpaired) electrons. The Morgan fingerprint density at radius 3 is 2.58 bits per heavy atom. The highest BCUT2D eigenvalue weighted by Crippen LogP contribution is 2.19. The van der Waals surface area contributed by atoms with Gasteiger partial charge in [-0.1, -0.05) is 12.1 Å². The number of nitrogens with one attached hydrogen (secondary N) is 1. The molecule has 0 atom stereocenters. The van der Waals surface area contributed by atoms with Crippen molar-refractivity contribution in [2.45, 2.75) is 6.54 Å². The van der Waals surface area contributed by atoms with Crippen molar-refractivity contribution in [2.75, 3.05) is 0 Å². The standard InChI is InChI=1S/C18H13FN4O3/c19-13-7-5-12(6-8-13)16-9-14(21-11-22-16)10-20-18(24)15-3-1-2-4-17(15)23(25)26/h1-9,11H,10H2,(H,20,24). The number of aromatic nitrogens is 2. The molecule has 130 valence electrons. The summed E-state index contributed by atoms with van der Waals surface area (Å²) in [6.45, 7) is 0.0710. The molecule has 0 aliphatic rings. The number of hydrogen-bond donors (Lipinski definition) is 1. The van der Waals surface area contributed by atoms with Gasteiger partial charge in [0.2, 0.25) is 0 Å². The van der Waals surface area contributed by atoms with Crippen LogP contribution in [0.3, 0.4) is 0 Å². The molecule has 0 bridgehead atoms. The van der Waals surface area contributed by atoms with Gasteiger partial charge in [0, 0.05) is 11.6 Å². The lowest BCUT2D eigenvalue weighted by molar-refractivity contribution is -0.385. The van der Waals surface area contributed by atoms with E-state index in [2.05, 4.69) is 15.3 Å². The summed E-state index contributed by atoms with van der Waals surface area (Å²) in [4.78, 5) is 30.8. The minimum Gasteiger partial charge on any atom is -0.346 e. The molecule has 2 aromatic carbocycles. The van der Waals surface area contributed by atoms with Gasteiger partial charge in [0.15, 0.2) is 0 Å². The van der Waals surface area contributed by atoms with Crippen LogP contribution in [0.25, 0.3) is 11.3 Å². The fraction of sp³-hybridized carbons (Fsp3) is 0.0556. The Balaban J connectivity index is 1.74. The lowest BCUT2D eigenvalue weighted by Gasteiger charge is -2.07. The van der Waals surface area contributed by atoms with Gasteiger partial charge in [0.1, 0.15) is 17.7 Å². The summed E-state index contributed by atoms with van der Waals surface area (Å²) in [5, 5.41) is 13.6. The van der Waals surface area contributed by atoms with E-state index in [-0.39, 0.29) is 23.6 Å². The van der Waals surface area contributed by atoms with Crippen LogP contribution in [0.5, 0.6) is 0 Å². The van der Waals surface area contributed by atoms with Crippen molar-refractivity contribution in [3.8, 4) is 11.3 Å².